The van der Waals surface area contributed by atoms with Crippen molar-refractivity contribution < 1.29 is 0 Å². The normalized spacial score (nSPS) is 18.2. The third kappa shape index (κ3) is 3.51. The second-order valence-corrected chi connectivity index (χ2v) is 6.98. The predicted molar refractivity (Wildman–Crippen MR) is 113 cm³/mol. The maximum atomic E-state index is 6.18. The van der Waals surface area contributed by atoms with Crippen molar-refractivity contribution in [3.8, 4) is 11.4 Å². The van der Waals surface area contributed by atoms with E-state index >= 15 is 0 Å². The van der Waals surface area contributed by atoms with Gasteiger partial charge in [0.25, 0.3) is 0 Å². The molecule has 1 aromatic carbocycles. The van der Waals surface area contributed by atoms with Crippen LogP contribution in [0.15, 0.2) is 12.1 Å². The number of halogens is 3. The second-order valence-electron chi connectivity index (χ2n) is 6.57. The number of hydrogen-bond donors (Lipinski definition) is 3. The summed E-state index contributed by atoms with van der Waals surface area (Å²) < 4.78 is 0. The van der Waals surface area contributed by atoms with Gasteiger partial charge >= 0.3 is 0 Å². The molecular weight excluding hydrogens is 395 g/mol. The standard InChI is InChI=1S/C17H21ClN6.2ClH/c18-11-4-5-12(20)14(15(11)21)16-22-13-3-1-2-10(13)17(23-16)24-7-6-9(19)8-24;;/h4-5,9H,1-3,6-8,19-21H2;2*1H. The van der Waals surface area contributed by atoms with Gasteiger partial charge in [0.1, 0.15) is 5.82 Å². The average Bonchev–Trinajstić information content (AvgIpc) is 3.19. The van der Waals surface area contributed by atoms with Crippen molar-refractivity contribution in [2.24, 2.45) is 5.73 Å². The van der Waals surface area contributed by atoms with Crippen LogP contribution in [0.5, 0.6) is 0 Å². The van der Waals surface area contributed by atoms with Crippen molar-refractivity contribution in [3.63, 3.8) is 0 Å². The fraction of sp³-hybridized carbons (Fsp3) is 0.412. The molecule has 6 N–H and O–H groups in total. The Morgan fingerprint density at radius 1 is 1.12 bits per heavy atom. The molecule has 1 aromatic heterocycles. The highest BCUT2D eigenvalue weighted by Crippen LogP contribution is 2.38. The molecule has 26 heavy (non-hydrogen) atoms. The van der Waals surface area contributed by atoms with Crippen LogP contribution in [0.25, 0.3) is 11.4 Å². The molecule has 0 amide bonds. The molecule has 0 bridgehead atoms. The van der Waals surface area contributed by atoms with Gasteiger partial charge in [-0.15, -0.1) is 24.8 Å². The molecule has 2 aromatic rings. The first-order valence-electron chi connectivity index (χ1n) is 8.28. The van der Waals surface area contributed by atoms with E-state index in [1.807, 2.05) is 0 Å². The van der Waals surface area contributed by atoms with Crippen LogP contribution in [0.3, 0.4) is 0 Å². The highest BCUT2D eigenvalue weighted by Gasteiger charge is 2.28. The van der Waals surface area contributed by atoms with Gasteiger partial charge in [-0.05, 0) is 37.8 Å². The summed E-state index contributed by atoms with van der Waals surface area (Å²) in [6, 6.07) is 3.64. The van der Waals surface area contributed by atoms with Crippen molar-refractivity contribution in [2.45, 2.75) is 31.7 Å². The molecule has 9 heteroatoms. The Balaban J connectivity index is 0.00000121. The Bertz CT molecular complexity index is 814. The molecular formula is C17H23Cl3N6. The number of benzene rings is 1. The first-order chi connectivity index (χ1) is 11.5. The fourth-order valence-electron chi connectivity index (χ4n) is 3.63. The Labute approximate surface area is 170 Å². The number of nitrogens with zero attached hydrogens (tertiary/aromatic N) is 3. The number of aryl methyl sites for hydroxylation is 1. The van der Waals surface area contributed by atoms with Gasteiger partial charge in [0.05, 0.1) is 16.3 Å². The molecule has 1 fully saturated rings. The quantitative estimate of drug-likeness (QED) is 0.649. The number of aromatic nitrogens is 2. The van der Waals surface area contributed by atoms with Gasteiger partial charge in [0, 0.05) is 36.1 Å². The molecule has 1 aliphatic heterocycles. The molecule has 1 unspecified atom stereocenters. The summed E-state index contributed by atoms with van der Waals surface area (Å²) in [5.41, 5.74) is 22.3. The number of anilines is 3. The minimum atomic E-state index is 0. The third-order valence-corrected chi connectivity index (χ3v) is 5.21. The van der Waals surface area contributed by atoms with Gasteiger partial charge in [0.2, 0.25) is 0 Å². The van der Waals surface area contributed by atoms with Crippen LogP contribution in [-0.2, 0) is 12.8 Å². The zero-order valence-electron chi connectivity index (χ0n) is 14.2. The smallest absolute Gasteiger partial charge is 0.166 e. The van der Waals surface area contributed by atoms with Gasteiger partial charge in [-0.2, -0.15) is 0 Å². The number of hydrogen-bond acceptors (Lipinski definition) is 6. The van der Waals surface area contributed by atoms with Gasteiger partial charge in [-0.25, -0.2) is 9.97 Å². The van der Waals surface area contributed by atoms with E-state index < -0.39 is 0 Å². The van der Waals surface area contributed by atoms with E-state index in [0.717, 1.165) is 50.3 Å². The van der Waals surface area contributed by atoms with E-state index in [4.69, 9.17) is 38.8 Å². The molecule has 1 atom stereocenters. The van der Waals surface area contributed by atoms with Crippen molar-refractivity contribution in [1.29, 1.82) is 0 Å². The van der Waals surface area contributed by atoms with Crippen LogP contribution < -0.4 is 22.1 Å². The predicted octanol–water partition coefficient (Wildman–Crippen LogP) is 2.83. The van der Waals surface area contributed by atoms with Crippen LogP contribution in [0, 0.1) is 0 Å². The molecule has 142 valence electrons. The van der Waals surface area contributed by atoms with Gasteiger partial charge in [0.15, 0.2) is 5.82 Å². The second kappa shape index (κ2) is 8.05. The largest absolute Gasteiger partial charge is 0.398 e. The topological polar surface area (TPSA) is 107 Å². The lowest BCUT2D eigenvalue weighted by atomic mass is 10.1. The fourth-order valence-corrected chi connectivity index (χ4v) is 3.78. The van der Waals surface area contributed by atoms with Gasteiger partial charge in [-0.1, -0.05) is 11.6 Å². The van der Waals surface area contributed by atoms with E-state index in [-0.39, 0.29) is 30.9 Å². The highest BCUT2D eigenvalue weighted by atomic mass is 35.5. The summed E-state index contributed by atoms with van der Waals surface area (Å²) in [5.74, 6) is 1.54. The highest BCUT2D eigenvalue weighted by molar-refractivity contribution is 6.34. The van der Waals surface area contributed by atoms with Crippen molar-refractivity contribution in [2.75, 3.05) is 29.5 Å². The van der Waals surface area contributed by atoms with E-state index in [1.54, 1.807) is 12.1 Å². The van der Waals surface area contributed by atoms with E-state index in [0.29, 0.717) is 27.8 Å². The number of fused-ring (bicyclic) bond motifs is 1. The Kier molecular flexibility index (Phi) is 6.45. The maximum Gasteiger partial charge on any atom is 0.166 e. The molecule has 0 spiro atoms. The molecule has 2 aliphatic rings. The summed E-state index contributed by atoms with van der Waals surface area (Å²) in [4.78, 5) is 11.8. The Morgan fingerprint density at radius 3 is 2.58 bits per heavy atom. The van der Waals surface area contributed by atoms with Crippen LogP contribution in [0.2, 0.25) is 5.02 Å². The van der Waals surface area contributed by atoms with Crippen LogP contribution in [-0.4, -0.2) is 29.1 Å². The minimum Gasteiger partial charge on any atom is -0.398 e. The lowest BCUT2D eigenvalue weighted by Gasteiger charge is -2.21. The van der Waals surface area contributed by atoms with Crippen molar-refractivity contribution in [3.05, 3.63) is 28.4 Å². The average molecular weight is 418 g/mol. The van der Waals surface area contributed by atoms with Gasteiger partial charge in [-0.3, -0.25) is 0 Å². The van der Waals surface area contributed by atoms with E-state index in [9.17, 15) is 0 Å². The van der Waals surface area contributed by atoms with Crippen molar-refractivity contribution in [1.82, 2.24) is 9.97 Å². The van der Waals surface area contributed by atoms with Crippen LogP contribution >= 0.6 is 36.4 Å². The molecule has 0 saturated carbocycles. The number of rotatable bonds is 2. The molecule has 1 aliphatic carbocycles. The monoisotopic (exact) mass is 416 g/mol. The van der Waals surface area contributed by atoms with E-state index in [1.165, 1.54) is 5.56 Å². The minimum absolute atomic E-state index is 0. The van der Waals surface area contributed by atoms with E-state index in [2.05, 4.69) is 4.90 Å². The Morgan fingerprint density at radius 2 is 1.88 bits per heavy atom. The third-order valence-electron chi connectivity index (χ3n) is 4.88. The molecule has 0 radical (unpaired) electrons. The summed E-state index contributed by atoms with van der Waals surface area (Å²) >= 11 is 6.18. The molecule has 6 nitrogen and oxygen atoms in total. The van der Waals surface area contributed by atoms with Gasteiger partial charge < -0.3 is 22.1 Å². The van der Waals surface area contributed by atoms with Crippen LogP contribution in [0.4, 0.5) is 17.2 Å². The first-order valence-corrected chi connectivity index (χ1v) is 8.66. The summed E-state index contributed by atoms with van der Waals surface area (Å²) in [6.07, 6.45) is 4.05. The maximum absolute atomic E-state index is 6.18. The van der Waals surface area contributed by atoms with Crippen molar-refractivity contribution >= 4 is 53.6 Å². The molecule has 2 heterocycles. The zero-order chi connectivity index (χ0) is 16.8. The number of nitrogens with two attached hydrogens (primary N) is 3. The SMILES string of the molecule is Cl.Cl.Nc1ccc(Cl)c(N)c1-c1nc2c(c(N3CCC(N)C3)n1)CCC2. The number of nitrogen functional groups attached to an aromatic ring is 2. The summed E-state index contributed by atoms with van der Waals surface area (Å²) in [7, 11) is 0. The lowest BCUT2D eigenvalue weighted by Crippen LogP contribution is -2.28. The van der Waals surface area contributed by atoms with Crippen LogP contribution in [0.1, 0.15) is 24.1 Å². The Hall–Kier alpha value is -1.47. The lowest BCUT2D eigenvalue weighted by molar-refractivity contribution is 0.751. The summed E-state index contributed by atoms with van der Waals surface area (Å²) in [6.45, 7) is 1.74. The zero-order valence-corrected chi connectivity index (χ0v) is 16.6. The molecule has 1 saturated heterocycles. The first kappa shape index (κ1) is 20.8. The summed E-state index contributed by atoms with van der Waals surface area (Å²) in [5, 5.41) is 0.466. The molecule has 4 rings (SSSR count).